The molecule has 19 heavy (non-hydrogen) atoms. The van der Waals surface area contributed by atoms with Crippen LogP contribution in [-0.4, -0.2) is 19.6 Å². The maximum atomic E-state index is 12.7. The lowest BCUT2D eigenvalue weighted by Gasteiger charge is -2.07. The lowest BCUT2D eigenvalue weighted by molar-refractivity contribution is -0.137. The molecule has 4 nitrogen and oxygen atoms in total. The number of fused-ring (bicyclic) bond motifs is 1. The van der Waals surface area contributed by atoms with E-state index in [1.165, 1.54) is 10.5 Å². The molecule has 0 saturated carbocycles. The maximum absolute atomic E-state index is 12.7. The number of alkyl halides is 3. The summed E-state index contributed by atoms with van der Waals surface area (Å²) in [4.78, 5) is 4.06. The van der Waals surface area contributed by atoms with Gasteiger partial charge in [0.15, 0.2) is 11.5 Å². The van der Waals surface area contributed by atoms with Crippen molar-refractivity contribution >= 4 is 5.65 Å². The molecule has 0 amide bonds. The second-order valence-electron chi connectivity index (χ2n) is 3.88. The van der Waals surface area contributed by atoms with Gasteiger partial charge < -0.3 is 0 Å². The summed E-state index contributed by atoms with van der Waals surface area (Å²) in [5.74, 6) is 0.279. The van der Waals surface area contributed by atoms with Gasteiger partial charge in [-0.3, -0.25) is 9.38 Å². The van der Waals surface area contributed by atoms with E-state index in [0.29, 0.717) is 11.3 Å². The van der Waals surface area contributed by atoms with Crippen LogP contribution in [0.3, 0.4) is 0 Å². The first-order valence-corrected chi connectivity index (χ1v) is 5.39. The van der Waals surface area contributed by atoms with Crippen LogP contribution in [0.5, 0.6) is 0 Å². The molecule has 0 unspecified atom stereocenters. The minimum atomic E-state index is -4.40. The Morgan fingerprint density at radius 3 is 2.53 bits per heavy atom. The van der Waals surface area contributed by atoms with E-state index in [-0.39, 0.29) is 5.82 Å². The summed E-state index contributed by atoms with van der Waals surface area (Å²) >= 11 is 0. The van der Waals surface area contributed by atoms with Gasteiger partial charge in [-0.25, -0.2) is 0 Å². The zero-order valence-electron chi connectivity index (χ0n) is 9.46. The van der Waals surface area contributed by atoms with Crippen molar-refractivity contribution in [3.63, 3.8) is 0 Å². The van der Waals surface area contributed by atoms with Crippen molar-refractivity contribution in [2.75, 3.05) is 0 Å². The van der Waals surface area contributed by atoms with Gasteiger partial charge in [0, 0.05) is 12.4 Å². The number of nitrogens with zero attached hydrogens (tertiary/aromatic N) is 4. The molecule has 0 N–H and O–H groups in total. The number of pyridine rings is 2. The second kappa shape index (κ2) is 4.04. The van der Waals surface area contributed by atoms with Gasteiger partial charge in [0.1, 0.15) is 5.69 Å². The monoisotopic (exact) mass is 264 g/mol. The van der Waals surface area contributed by atoms with Crippen LogP contribution in [0, 0.1) is 0 Å². The standard InChI is InChI=1S/C12H7F3N4/c13-12(14,15)8-4-5-10-17-18-11(19(10)7-8)9-3-1-2-6-16-9/h1-7H. The van der Waals surface area contributed by atoms with Crippen molar-refractivity contribution in [2.45, 2.75) is 6.18 Å². The average Bonchev–Trinajstić information content (AvgIpc) is 2.81. The molecule has 96 valence electrons. The largest absolute Gasteiger partial charge is 0.417 e. The molecule has 0 fully saturated rings. The zero-order valence-corrected chi connectivity index (χ0v) is 9.46. The molecule has 3 aromatic heterocycles. The molecule has 0 saturated heterocycles. The van der Waals surface area contributed by atoms with Crippen LogP contribution >= 0.6 is 0 Å². The fourth-order valence-electron chi connectivity index (χ4n) is 1.73. The van der Waals surface area contributed by atoms with Crippen LogP contribution in [-0.2, 0) is 6.18 Å². The quantitative estimate of drug-likeness (QED) is 0.678. The molecule has 0 aliphatic carbocycles. The molecule has 0 aromatic carbocycles. The minimum Gasteiger partial charge on any atom is -0.281 e. The van der Waals surface area contributed by atoms with E-state index in [1.807, 2.05) is 0 Å². The van der Waals surface area contributed by atoms with Gasteiger partial charge >= 0.3 is 6.18 Å². The molecule has 0 bridgehead atoms. The summed E-state index contributed by atoms with van der Waals surface area (Å²) in [7, 11) is 0. The first-order valence-electron chi connectivity index (χ1n) is 5.39. The van der Waals surface area contributed by atoms with E-state index in [1.54, 1.807) is 24.4 Å². The highest BCUT2D eigenvalue weighted by Gasteiger charge is 2.31. The fraction of sp³-hybridized carbons (Fsp3) is 0.0833. The number of hydrogen-bond donors (Lipinski definition) is 0. The molecular formula is C12H7F3N4. The third-order valence-electron chi connectivity index (χ3n) is 2.62. The summed E-state index contributed by atoms with van der Waals surface area (Å²) in [5, 5.41) is 7.70. The van der Waals surface area contributed by atoms with Crippen molar-refractivity contribution in [1.29, 1.82) is 0 Å². The van der Waals surface area contributed by atoms with Gasteiger partial charge in [-0.2, -0.15) is 13.2 Å². The summed E-state index contributed by atoms with van der Waals surface area (Å²) in [6.45, 7) is 0. The predicted octanol–water partition coefficient (Wildman–Crippen LogP) is 2.81. The highest BCUT2D eigenvalue weighted by atomic mass is 19.4. The van der Waals surface area contributed by atoms with Crippen LogP contribution in [0.2, 0.25) is 0 Å². The average molecular weight is 264 g/mol. The molecular weight excluding hydrogens is 257 g/mol. The molecule has 0 aliphatic rings. The van der Waals surface area contributed by atoms with Crippen LogP contribution in [0.1, 0.15) is 5.56 Å². The Bertz CT molecular complexity index is 719. The van der Waals surface area contributed by atoms with E-state index >= 15 is 0 Å². The van der Waals surface area contributed by atoms with Crippen LogP contribution in [0.15, 0.2) is 42.7 Å². The number of aromatic nitrogens is 4. The second-order valence-corrected chi connectivity index (χ2v) is 3.88. The van der Waals surface area contributed by atoms with Gasteiger partial charge in [0.2, 0.25) is 0 Å². The Balaban J connectivity index is 2.22. The van der Waals surface area contributed by atoms with Gasteiger partial charge in [0.05, 0.1) is 5.56 Å². The van der Waals surface area contributed by atoms with E-state index in [9.17, 15) is 13.2 Å². The first-order chi connectivity index (χ1) is 9.05. The Kier molecular flexibility index (Phi) is 2.48. The van der Waals surface area contributed by atoms with Crippen LogP contribution < -0.4 is 0 Å². The third-order valence-corrected chi connectivity index (χ3v) is 2.62. The first kappa shape index (κ1) is 11.6. The Hall–Kier alpha value is -2.44. The van der Waals surface area contributed by atoms with Crippen LogP contribution in [0.25, 0.3) is 17.2 Å². The summed E-state index contributed by atoms with van der Waals surface area (Å²) < 4.78 is 39.3. The fourth-order valence-corrected chi connectivity index (χ4v) is 1.73. The Morgan fingerprint density at radius 2 is 1.84 bits per heavy atom. The number of hydrogen-bond acceptors (Lipinski definition) is 3. The smallest absolute Gasteiger partial charge is 0.281 e. The van der Waals surface area contributed by atoms with Crippen molar-refractivity contribution < 1.29 is 13.2 Å². The normalized spacial score (nSPS) is 11.9. The Morgan fingerprint density at radius 1 is 1.00 bits per heavy atom. The van der Waals surface area contributed by atoms with Gasteiger partial charge in [0.25, 0.3) is 0 Å². The van der Waals surface area contributed by atoms with Gasteiger partial charge in [-0.05, 0) is 24.3 Å². The molecule has 0 radical (unpaired) electrons. The highest BCUT2D eigenvalue weighted by Crippen LogP contribution is 2.29. The van der Waals surface area contributed by atoms with E-state index in [2.05, 4.69) is 15.2 Å². The molecule has 3 heterocycles. The predicted molar refractivity (Wildman–Crippen MR) is 61.2 cm³/mol. The lowest BCUT2D eigenvalue weighted by atomic mass is 10.2. The van der Waals surface area contributed by atoms with Crippen molar-refractivity contribution in [3.05, 3.63) is 48.3 Å². The van der Waals surface area contributed by atoms with E-state index in [0.717, 1.165) is 12.3 Å². The molecule has 0 spiro atoms. The van der Waals surface area contributed by atoms with E-state index < -0.39 is 11.7 Å². The van der Waals surface area contributed by atoms with Crippen molar-refractivity contribution in [1.82, 2.24) is 19.6 Å². The summed E-state index contributed by atoms with van der Waals surface area (Å²) in [5.41, 5.74) is 0.0555. The lowest BCUT2D eigenvalue weighted by Crippen LogP contribution is -2.06. The molecule has 3 rings (SSSR count). The minimum absolute atomic E-state index is 0.279. The van der Waals surface area contributed by atoms with E-state index in [4.69, 9.17) is 0 Å². The number of rotatable bonds is 1. The molecule has 0 atom stereocenters. The third kappa shape index (κ3) is 2.03. The van der Waals surface area contributed by atoms with Crippen LogP contribution in [0.4, 0.5) is 13.2 Å². The van der Waals surface area contributed by atoms with Gasteiger partial charge in [-0.15, -0.1) is 10.2 Å². The highest BCUT2D eigenvalue weighted by molar-refractivity contribution is 5.55. The SMILES string of the molecule is FC(F)(F)c1ccc2nnc(-c3ccccn3)n2c1. The summed E-state index contributed by atoms with van der Waals surface area (Å²) in [6.07, 6.45) is -1.89. The molecule has 3 aromatic rings. The number of halogens is 3. The molecule has 7 heteroatoms. The van der Waals surface area contributed by atoms with Crippen molar-refractivity contribution in [2.24, 2.45) is 0 Å². The molecule has 0 aliphatic heterocycles. The summed E-state index contributed by atoms with van der Waals surface area (Å²) in [6, 6.07) is 7.37. The van der Waals surface area contributed by atoms with Gasteiger partial charge in [-0.1, -0.05) is 6.07 Å². The van der Waals surface area contributed by atoms with Crippen molar-refractivity contribution in [3.8, 4) is 11.5 Å². The maximum Gasteiger partial charge on any atom is 0.417 e. The topological polar surface area (TPSA) is 43.1 Å². The zero-order chi connectivity index (χ0) is 13.5. The Labute approximate surface area is 105 Å².